The Kier molecular flexibility index (Phi) is 3.30. The monoisotopic (exact) mass is 319 g/mol. The third kappa shape index (κ3) is 2.52. The summed E-state index contributed by atoms with van der Waals surface area (Å²) in [4.78, 5) is 16.8. The summed E-state index contributed by atoms with van der Waals surface area (Å²) in [5.41, 5.74) is 6.47. The predicted molar refractivity (Wildman–Crippen MR) is 66.6 cm³/mol. The lowest BCUT2D eigenvalue weighted by Crippen LogP contribution is -2.42. The van der Waals surface area contributed by atoms with Crippen LogP contribution in [0.2, 0.25) is 0 Å². The molecule has 1 amide bonds. The molecule has 5 heteroatoms. The number of rotatable bonds is 1. The lowest BCUT2D eigenvalue weighted by atomic mass is 10.1. The molecule has 0 unspecified atom stereocenters. The molecule has 0 saturated carbocycles. The van der Waals surface area contributed by atoms with E-state index >= 15 is 0 Å². The Morgan fingerprint density at radius 1 is 1.53 bits per heavy atom. The summed E-state index contributed by atoms with van der Waals surface area (Å²) in [6.45, 7) is 1.55. The van der Waals surface area contributed by atoms with E-state index in [9.17, 15) is 4.79 Å². The van der Waals surface area contributed by atoms with Gasteiger partial charge in [0.15, 0.2) is 0 Å². The van der Waals surface area contributed by atoms with Crippen molar-refractivity contribution in [1.29, 1.82) is 0 Å². The molecule has 0 atom stereocenters. The van der Waals surface area contributed by atoms with Gasteiger partial charge in [-0.05, 0) is 41.5 Å². The third-order valence-electron chi connectivity index (χ3n) is 2.71. The highest BCUT2D eigenvalue weighted by molar-refractivity contribution is 14.1. The molecular formula is C10H14IN3O. The average molecular weight is 319 g/mol. The summed E-state index contributed by atoms with van der Waals surface area (Å²) in [6.07, 6.45) is 3.65. The van der Waals surface area contributed by atoms with Crippen molar-refractivity contribution in [2.75, 3.05) is 13.1 Å². The van der Waals surface area contributed by atoms with Crippen LogP contribution in [-0.2, 0) is 0 Å². The van der Waals surface area contributed by atoms with Crippen LogP contribution in [0.1, 0.15) is 23.3 Å². The largest absolute Gasteiger partial charge is 0.356 e. The fraction of sp³-hybridized carbons (Fsp3) is 0.500. The minimum absolute atomic E-state index is 0.0878. The van der Waals surface area contributed by atoms with Gasteiger partial charge in [0.25, 0.3) is 5.91 Å². The summed E-state index contributed by atoms with van der Waals surface area (Å²) in [5, 5.41) is 0. The Morgan fingerprint density at radius 2 is 2.20 bits per heavy atom. The molecule has 1 fully saturated rings. The van der Waals surface area contributed by atoms with Gasteiger partial charge in [0.1, 0.15) is 5.69 Å². The molecule has 1 aliphatic heterocycles. The first-order valence-corrected chi connectivity index (χ1v) is 6.13. The van der Waals surface area contributed by atoms with Gasteiger partial charge >= 0.3 is 0 Å². The van der Waals surface area contributed by atoms with E-state index in [2.05, 4.69) is 27.6 Å². The maximum atomic E-state index is 12.0. The Bertz CT molecular complexity index is 355. The van der Waals surface area contributed by atoms with Crippen molar-refractivity contribution in [3.63, 3.8) is 0 Å². The number of H-pyrrole nitrogens is 1. The van der Waals surface area contributed by atoms with Gasteiger partial charge in [-0.3, -0.25) is 4.79 Å². The van der Waals surface area contributed by atoms with Crippen LogP contribution in [0.5, 0.6) is 0 Å². The summed E-state index contributed by atoms with van der Waals surface area (Å²) in [6, 6.07) is 2.13. The highest BCUT2D eigenvalue weighted by atomic mass is 127. The van der Waals surface area contributed by atoms with Crippen molar-refractivity contribution in [2.45, 2.75) is 18.9 Å². The molecule has 0 spiro atoms. The van der Waals surface area contributed by atoms with Gasteiger partial charge in [0.05, 0.1) is 0 Å². The normalized spacial score (nSPS) is 18.1. The number of halogens is 1. The topological polar surface area (TPSA) is 62.1 Å². The Balaban J connectivity index is 2.02. The van der Waals surface area contributed by atoms with Gasteiger partial charge in [-0.15, -0.1) is 0 Å². The molecule has 2 heterocycles. The van der Waals surface area contributed by atoms with Gasteiger partial charge < -0.3 is 15.6 Å². The van der Waals surface area contributed by atoms with E-state index in [0.717, 1.165) is 29.5 Å². The third-order valence-corrected chi connectivity index (χ3v) is 3.33. The molecular weight excluding hydrogens is 305 g/mol. The molecule has 82 valence electrons. The SMILES string of the molecule is NC1CCN(C(=O)c2cc(I)c[nH]2)CC1. The smallest absolute Gasteiger partial charge is 0.270 e. The van der Waals surface area contributed by atoms with Gasteiger partial charge in [-0.2, -0.15) is 0 Å². The number of aromatic nitrogens is 1. The van der Waals surface area contributed by atoms with Gasteiger partial charge in [-0.25, -0.2) is 0 Å². The Morgan fingerprint density at radius 3 is 2.73 bits per heavy atom. The number of nitrogens with zero attached hydrogens (tertiary/aromatic N) is 1. The maximum absolute atomic E-state index is 12.0. The van der Waals surface area contributed by atoms with Gasteiger partial charge in [-0.1, -0.05) is 0 Å². The molecule has 0 aromatic carbocycles. The van der Waals surface area contributed by atoms with Crippen LogP contribution in [0.3, 0.4) is 0 Å². The predicted octanol–water partition coefficient (Wildman–Crippen LogP) is 1.18. The maximum Gasteiger partial charge on any atom is 0.270 e. The molecule has 0 aliphatic carbocycles. The van der Waals surface area contributed by atoms with Gasteiger partial charge in [0, 0.05) is 28.9 Å². The number of piperidine rings is 1. The number of nitrogens with two attached hydrogens (primary N) is 1. The molecule has 3 N–H and O–H groups in total. The molecule has 0 bridgehead atoms. The molecule has 4 nitrogen and oxygen atoms in total. The first-order chi connectivity index (χ1) is 7.16. The molecule has 1 aliphatic rings. The average Bonchev–Trinajstić information content (AvgIpc) is 2.65. The molecule has 1 aromatic heterocycles. The van der Waals surface area contributed by atoms with Crippen LogP contribution in [0.15, 0.2) is 12.3 Å². The lowest BCUT2D eigenvalue weighted by Gasteiger charge is -2.29. The Labute approximate surface area is 102 Å². The fourth-order valence-electron chi connectivity index (χ4n) is 1.76. The number of likely N-dealkylation sites (tertiary alicyclic amines) is 1. The van der Waals surface area contributed by atoms with Crippen molar-refractivity contribution >= 4 is 28.5 Å². The van der Waals surface area contributed by atoms with Crippen LogP contribution >= 0.6 is 22.6 Å². The van der Waals surface area contributed by atoms with E-state index in [1.54, 1.807) is 0 Å². The Hall–Kier alpha value is -0.560. The van der Waals surface area contributed by atoms with Crippen LogP contribution in [0, 0.1) is 3.57 Å². The number of amides is 1. The molecule has 1 saturated heterocycles. The van der Waals surface area contributed by atoms with E-state index < -0.39 is 0 Å². The van der Waals surface area contributed by atoms with Crippen LogP contribution in [0.25, 0.3) is 0 Å². The minimum Gasteiger partial charge on any atom is -0.356 e. The van der Waals surface area contributed by atoms with E-state index in [-0.39, 0.29) is 11.9 Å². The van der Waals surface area contributed by atoms with Crippen molar-refractivity contribution in [3.05, 3.63) is 21.5 Å². The summed E-state index contributed by atoms with van der Waals surface area (Å²) in [7, 11) is 0. The standard InChI is InChI=1S/C10H14IN3O/c11-7-5-9(13-6-7)10(15)14-3-1-8(12)2-4-14/h5-6,8,13H,1-4,12H2. The number of carbonyl (C=O) groups is 1. The van der Waals surface area contributed by atoms with E-state index in [4.69, 9.17) is 5.73 Å². The highest BCUT2D eigenvalue weighted by Gasteiger charge is 2.22. The fourth-order valence-corrected chi connectivity index (χ4v) is 2.23. The molecule has 0 radical (unpaired) electrons. The first-order valence-electron chi connectivity index (χ1n) is 5.05. The zero-order chi connectivity index (χ0) is 10.8. The second kappa shape index (κ2) is 4.52. The summed E-state index contributed by atoms with van der Waals surface area (Å²) in [5.74, 6) is 0.0878. The minimum atomic E-state index is 0.0878. The van der Waals surface area contributed by atoms with Crippen LogP contribution in [-0.4, -0.2) is 34.9 Å². The van der Waals surface area contributed by atoms with Crippen molar-refractivity contribution in [1.82, 2.24) is 9.88 Å². The molecule has 15 heavy (non-hydrogen) atoms. The summed E-state index contributed by atoms with van der Waals surface area (Å²) >= 11 is 2.19. The number of aromatic amines is 1. The second-order valence-electron chi connectivity index (χ2n) is 3.86. The number of hydrogen-bond acceptors (Lipinski definition) is 2. The number of hydrogen-bond donors (Lipinski definition) is 2. The lowest BCUT2D eigenvalue weighted by molar-refractivity contribution is 0.0709. The number of nitrogens with one attached hydrogen (secondary N) is 1. The zero-order valence-corrected chi connectivity index (χ0v) is 10.5. The number of carbonyl (C=O) groups excluding carboxylic acids is 1. The van der Waals surface area contributed by atoms with Crippen molar-refractivity contribution in [3.8, 4) is 0 Å². The first kappa shape index (κ1) is 10.9. The van der Waals surface area contributed by atoms with Crippen LogP contribution in [0.4, 0.5) is 0 Å². The van der Waals surface area contributed by atoms with Crippen molar-refractivity contribution < 1.29 is 4.79 Å². The van der Waals surface area contributed by atoms with E-state index in [1.807, 2.05) is 17.2 Å². The van der Waals surface area contributed by atoms with Crippen LogP contribution < -0.4 is 5.73 Å². The molecule has 1 aromatic rings. The zero-order valence-electron chi connectivity index (χ0n) is 8.37. The van der Waals surface area contributed by atoms with E-state index in [0.29, 0.717) is 5.69 Å². The highest BCUT2D eigenvalue weighted by Crippen LogP contribution is 2.13. The summed E-state index contributed by atoms with van der Waals surface area (Å²) < 4.78 is 1.06. The van der Waals surface area contributed by atoms with Gasteiger partial charge in [0.2, 0.25) is 0 Å². The quantitative estimate of drug-likeness (QED) is 0.764. The van der Waals surface area contributed by atoms with Crippen molar-refractivity contribution in [2.24, 2.45) is 5.73 Å². The van der Waals surface area contributed by atoms with E-state index in [1.165, 1.54) is 0 Å². The molecule has 2 rings (SSSR count). The second-order valence-corrected chi connectivity index (χ2v) is 5.11.